The predicted octanol–water partition coefficient (Wildman–Crippen LogP) is 4.34. The highest BCUT2D eigenvalue weighted by Gasteiger charge is 2.18. The fourth-order valence-corrected chi connectivity index (χ4v) is 2.76. The Balaban J connectivity index is 1.72. The van der Waals surface area contributed by atoms with Gasteiger partial charge in [-0.1, -0.05) is 35.5 Å². The van der Waals surface area contributed by atoms with Gasteiger partial charge >= 0.3 is 0 Å². The van der Waals surface area contributed by atoms with Crippen LogP contribution in [-0.2, 0) is 6.54 Å². The third-order valence-electron chi connectivity index (χ3n) is 4.03. The van der Waals surface area contributed by atoms with Crippen molar-refractivity contribution in [3.63, 3.8) is 0 Å². The zero-order valence-electron chi connectivity index (χ0n) is 14.6. The van der Waals surface area contributed by atoms with E-state index in [1.54, 1.807) is 12.5 Å². The fraction of sp³-hybridized carbons (Fsp3) is 0.150. The number of furan rings is 1. The number of hydrogen-bond donors (Lipinski definition) is 0. The van der Waals surface area contributed by atoms with Gasteiger partial charge in [-0.25, -0.2) is 9.97 Å². The minimum Gasteiger partial charge on any atom is -0.463 e. The summed E-state index contributed by atoms with van der Waals surface area (Å²) in [6, 6.07) is 15.8. The number of aromatic nitrogens is 3. The monoisotopic (exact) mass is 346 g/mol. The molecule has 0 fully saturated rings. The molecular formula is C20H18N4O2. The second kappa shape index (κ2) is 6.84. The molecule has 0 aliphatic rings. The topological polar surface area (TPSA) is 68.2 Å². The summed E-state index contributed by atoms with van der Waals surface area (Å²) < 4.78 is 11.0. The van der Waals surface area contributed by atoms with E-state index in [0.717, 1.165) is 11.3 Å². The number of aryl methyl sites for hydroxylation is 1. The Morgan fingerprint density at radius 1 is 1.04 bits per heavy atom. The lowest BCUT2D eigenvalue weighted by atomic mass is 10.1. The number of anilines is 1. The van der Waals surface area contributed by atoms with Gasteiger partial charge in [0, 0.05) is 25.9 Å². The molecule has 0 bridgehead atoms. The molecule has 3 aromatic heterocycles. The summed E-state index contributed by atoms with van der Waals surface area (Å²) in [6.07, 6.45) is 3.38. The van der Waals surface area contributed by atoms with Crippen molar-refractivity contribution in [3.05, 3.63) is 72.2 Å². The summed E-state index contributed by atoms with van der Waals surface area (Å²) in [4.78, 5) is 11.2. The van der Waals surface area contributed by atoms with E-state index in [1.165, 1.54) is 5.56 Å². The molecule has 0 saturated carbocycles. The van der Waals surface area contributed by atoms with Crippen molar-refractivity contribution in [2.75, 3.05) is 11.9 Å². The Morgan fingerprint density at radius 3 is 2.58 bits per heavy atom. The van der Waals surface area contributed by atoms with Gasteiger partial charge in [-0.2, -0.15) is 0 Å². The van der Waals surface area contributed by atoms with Crippen LogP contribution in [-0.4, -0.2) is 22.2 Å². The van der Waals surface area contributed by atoms with Crippen LogP contribution in [0.5, 0.6) is 0 Å². The van der Waals surface area contributed by atoms with E-state index in [2.05, 4.69) is 22.3 Å². The van der Waals surface area contributed by atoms with Crippen LogP contribution in [0.15, 0.2) is 69.9 Å². The van der Waals surface area contributed by atoms with Gasteiger partial charge in [-0.05, 0) is 24.6 Å². The maximum atomic E-state index is 5.57. The quantitative estimate of drug-likeness (QED) is 0.535. The molecule has 1 aromatic carbocycles. The van der Waals surface area contributed by atoms with Gasteiger partial charge in [0.25, 0.3) is 0 Å². The Hall–Kier alpha value is -3.41. The van der Waals surface area contributed by atoms with Crippen LogP contribution >= 0.6 is 0 Å². The van der Waals surface area contributed by atoms with Gasteiger partial charge in [-0.15, -0.1) is 0 Å². The van der Waals surface area contributed by atoms with Gasteiger partial charge < -0.3 is 13.8 Å². The number of hydrogen-bond acceptors (Lipinski definition) is 6. The first-order valence-electron chi connectivity index (χ1n) is 8.30. The highest BCUT2D eigenvalue weighted by Crippen LogP contribution is 2.32. The van der Waals surface area contributed by atoms with Crippen molar-refractivity contribution < 1.29 is 8.94 Å². The molecule has 0 unspecified atom stereocenters. The SMILES string of the molecule is Cc1cc(-c2cnc(N(C)Cc3ccccc3)nc2-c2ccco2)on1. The lowest BCUT2D eigenvalue weighted by Gasteiger charge is -2.18. The summed E-state index contributed by atoms with van der Waals surface area (Å²) in [5, 5.41) is 3.96. The molecule has 6 nitrogen and oxygen atoms in total. The highest BCUT2D eigenvalue weighted by atomic mass is 16.5. The number of benzene rings is 1. The van der Waals surface area contributed by atoms with Crippen molar-refractivity contribution in [3.8, 4) is 22.8 Å². The van der Waals surface area contributed by atoms with E-state index in [4.69, 9.17) is 13.9 Å². The minimum absolute atomic E-state index is 0.611. The van der Waals surface area contributed by atoms with E-state index in [0.29, 0.717) is 29.7 Å². The lowest BCUT2D eigenvalue weighted by Crippen LogP contribution is -2.19. The smallest absolute Gasteiger partial charge is 0.226 e. The molecule has 0 aliphatic heterocycles. The second-order valence-electron chi connectivity index (χ2n) is 6.08. The van der Waals surface area contributed by atoms with Gasteiger partial charge in [0.2, 0.25) is 5.95 Å². The Kier molecular flexibility index (Phi) is 4.23. The molecule has 26 heavy (non-hydrogen) atoms. The highest BCUT2D eigenvalue weighted by molar-refractivity contribution is 5.75. The molecule has 0 N–H and O–H groups in total. The molecule has 0 amide bonds. The van der Waals surface area contributed by atoms with Crippen LogP contribution in [0.3, 0.4) is 0 Å². The predicted molar refractivity (Wildman–Crippen MR) is 98.5 cm³/mol. The molecule has 0 radical (unpaired) electrons. The molecule has 0 spiro atoms. The number of rotatable bonds is 5. The first kappa shape index (κ1) is 16.1. The van der Waals surface area contributed by atoms with E-state index >= 15 is 0 Å². The van der Waals surface area contributed by atoms with Crippen LogP contribution in [0.2, 0.25) is 0 Å². The van der Waals surface area contributed by atoms with Crippen LogP contribution in [0, 0.1) is 6.92 Å². The van der Waals surface area contributed by atoms with Crippen LogP contribution < -0.4 is 4.90 Å². The largest absolute Gasteiger partial charge is 0.463 e. The summed E-state index contributed by atoms with van der Waals surface area (Å²) in [5.74, 6) is 1.89. The van der Waals surface area contributed by atoms with Crippen LogP contribution in [0.25, 0.3) is 22.8 Å². The van der Waals surface area contributed by atoms with Crippen molar-refractivity contribution in [1.82, 2.24) is 15.1 Å². The summed E-state index contributed by atoms with van der Waals surface area (Å²) >= 11 is 0. The summed E-state index contributed by atoms with van der Waals surface area (Å²) in [6.45, 7) is 2.58. The second-order valence-corrected chi connectivity index (χ2v) is 6.08. The Bertz CT molecular complexity index is 994. The normalized spacial score (nSPS) is 10.8. The van der Waals surface area contributed by atoms with Crippen LogP contribution in [0.4, 0.5) is 5.95 Å². The third kappa shape index (κ3) is 3.21. The van der Waals surface area contributed by atoms with Gasteiger partial charge in [-0.3, -0.25) is 0 Å². The summed E-state index contributed by atoms with van der Waals surface area (Å²) in [7, 11) is 1.96. The van der Waals surface area contributed by atoms with Gasteiger partial charge in [0.05, 0.1) is 17.5 Å². The molecule has 4 aromatic rings. The van der Waals surface area contributed by atoms with Gasteiger partial charge in [0.1, 0.15) is 5.69 Å². The Morgan fingerprint density at radius 2 is 1.88 bits per heavy atom. The first-order chi connectivity index (χ1) is 12.7. The average molecular weight is 346 g/mol. The van der Waals surface area contributed by atoms with Crippen molar-refractivity contribution in [2.45, 2.75) is 13.5 Å². The number of nitrogens with zero attached hydrogens (tertiary/aromatic N) is 4. The molecular weight excluding hydrogens is 328 g/mol. The molecule has 6 heteroatoms. The maximum absolute atomic E-state index is 5.57. The van der Waals surface area contributed by atoms with Crippen molar-refractivity contribution in [1.29, 1.82) is 0 Å². The third-order valence-corrected chi connectivity index (χ3v) is 4.03. The standard InChI is InChI=1S/C20H18N4O2/c1-14-11-18(26-23-14)16-12-21-20(22-19(16)17-9-6-10-25-17)24(2)13-15-7-4-3-5-8-15/h3-12H,13H2,1-2H3. The Labute approximate surface area is 151 Å². The summed E-state index contributed by atoms with van der Waals surface area (Å²) in [5.41, 5.74) is 3.41. The molecule has 0 aliphatic carbocycles. The molecule has 0 saturated heterocycles. The van der Waals surface area contributed by atoms with E-state index in [1.807, 2.05) is 55.3 Å². The molecule has 4 rings (SSSR count). The molecule has 0 atom stereocenters. The zero-order chi connectivity index (χ0) is 17.9. The average Bonchev–Trinajstić information content (AvgIpc) is 3.34. The van der Waals surface area contributed by atoms with E-state index in [-0.39, 0.29) is 0 Å². The molecule has 3 heterocycles. The molecule has 130 valence electrons. The lowest BCUT2D eigenvalue weighted by molar-refractivity contribution is 0.427. The van der Waals surface area contributed by atoms with Crippen molar-refractivity contribution >= 4 is 5.95 Å². The maximum Gasteiger partial charge on any atom is 0.226 e. The fourth-order valence-electron chi connectivity index (χ4n) is 2.76. The van der Waals surface area contributed by atoms with Gasteiger partial charge in [0.15, 0.2) is 11.5 Å². The van der Waals surface area contributed by atoms with E-state index < -0.39 is 0 Å². The van der Waals surface area contributed by atoms with Crippen LogP contribution in [0.1, 0.15) is 11.3 Å². The zero-order valence-corrected chi connectivity index (χ0v) is 14.6. The van der Waals surface area contributed by atoms with Crippen molar-refractivity contribution in [2.24, 2.45) is 0 Å². The van der Waals surface area contributed by atoms with E-state index in [9.17, 15) is 0 Å². The minimum atomic E-state index is 0.611. The first-order valence-corrected chi connectivity index (χ1v) is 8.30.